The molecule has 0 saturated carbocycles. The Hall–Kier alpha value is -1.39. The summed E-state index contributed by atoms with van der Waals surface area (Å²) < 4.78 is 4.45. The van der Waals surface area contributed by atoms with E-state index in [1.165, 1.54) is 6.39 Å². The van der Waals surface area contributed by atoms with Crippen molar-refractivity contribution < 1.29 is 9.32 Å². The first-order valence-electron chi connectivity index (χ1n) is 3.81. The van der Waals surface area contributed by atoms with E-state index in [1.807, 2.05) is 13.8 Å². The van der Waals surface area contributed by atoms with Gasteiger partial charge >= 0.3 is 0 Å². The maximum Gasteiger partial charge on any atom is 0.269 e. The maximum absolute atomic E-state index is 11.2. The lowest BCUT2D eigenvalue weighted by atomic mass is 10.1. The molecule has 66 valence electrons. The van der Waals surface area contributed by atoms with Gasteiger partial charge in [-0.3, -0.25) is 10.1 Å². The predicted octanol–water partition coefficient (Wildman–Crippen LogP) is 1.05. The number of amides is 1. The SMILES string of the molecule is CCC(C)C(=O)Nc1ncon1. The Morgan fingerprint density at radius 3 is 3.08 bits per heavy atom. The molecule has 1 rings (SSSR count). The Labute approximate surface area is 70.2 Å². The van der Waals surface area contributed by atoms with Crippen molar-refractivity contribution in [2.45, 2.75) is 20.3 Å². The van der Waals surface area contributed by atoms with Gasteiger partial charge in [-0.2, -0.15) is 4.98 Å². The van der Waals surface area contributed by atoms with Crippen LogP contribution in [0.15, 0.2) is 10.9 Å². The molecule has 1 aromatic rings. The number of carbonyl (C=O) groups excluding carboxylic acids is 1. The molecule has 0 fully saturated rings. The van der Waals surface area contributed by atoms with Crippen molar-refractivity contribution in [3.8, 4) is 0 Å². The van der Waals surface area contributed by atoms with E-state index in [4.69, 9.17) is 0 Å². The monoisotopic (exact) mass is 169 g/mol. The van der Waals surface area contributed by atoms with Crippen molar-refractivity contribution in [3.05, 3.63) is 6.39 Å². The van der Waals surface area contributed by atoms with Crippen LogP contribution in [0.1, 0.15) is 20.3 Å². The van der Waals surface area contributed by atoms with Crippen molar-refractivity contribution >= 4 is 11.9 Å². The largest absolute Gasteiger partial charge is 0.341 e. The van der Waals surface area contributed by atoms with Crippen molar-refractivity contribution in [1.82, 2.24) is 10.1 Å². The molecule has 1 atom stereocenters. The first-order chi connectivity index (χ1) is 5.74. The van der Waals surface area contributed by atoms with Crippen LogP contribution in [0.25, 0.3) is 0 Å². The molecule has 5 heteroatoms. The van der Waals surface area contributed by atoms with Crippen LogP contribution in [0.3, 0.4) is 0 Å². The van der Waals surface area contributed by atoms with Crippen LogP contribution in [0.2, 0.25) is 0 Å². The van der Waals surface area contributed by atoms with Crippen LogP contribution in [0.5, 0.6) is 0 Å². The van der Waals surface area contributed by atoms with Gasteiger partial charge in [0.1, 0.15) is 0 Å². The minimum Gasteiger partial charge on any atom is -0.341 e. The number of aromatic nitrogens is 2. The second-order valence-corrected chi connectivity index (χ2v) is 2.55. The van der Waals surface area contributed by atoms with E-state index < -0.39 is 0 Å². The third-order valence-electron chi connectivity index (χ3n) is 1.66. The molecule has 1 aromatic heterocycles. The van der Waals surface area contributed by atoms with Crippen molar-refractivity contribution in [2.24, 2.45) is 5.92 Å². The van der Waals surface area contributed by atoms with Gasteiger partial charge in [-0.25, -0.2) is 0 Å². The number of hydrogen-bond acceptors (Lipinski definition) is 4. The molecule has 0 spiro atoms. The fourth-order valence-corrected chi connectivity index (χ4v) is 0.644. The third-order valence-corrected chi connectivity index (χ3v) is 1.66. The maximum atomic E-state index is 11.2. The summed E-state index contributed by atoms with van der Waals surface area (Å²) in [6, 6.07) is 0. The van der Waals surface area contributed by atoms with E-state index in [0.717, 1.165) is 6.42 Å². The van der Waals surface area contributed by atoms with E-state index >= 15 is 0 Å². The highest BCUT2D eigenvalue weighted by Gasteiger charge is 2.11. The van der Waals surface area contributed by atoms with Gasteiger partial charge in [-0.05, 0) is 11.6 Å². The van der Waals surface area contributed by atoms with Crippen molar-refractivity contribution in [3.63, 3.8) is 0 Å². The average Bonchev–Trinajstić information content (AvgIpc) is 2.55. The number of anilines is 1. The first-order valence-corrected chi connectivity index (χ1v) is 3.81. The van der Waals surface area contributed by atoms with Gasteiger partial charge in [0, 0.05) is 5.92 Å². The van der Waals surface area contributed by atoms with Gasteiger partial charge in [-0.1, -0.05) is 13.8 Å². The molecule has 1 unspecified atom stereocenters. The molecule has 1 heterocycles. The zero-order valence-electron chi connectivity index (χ0n) is 7.07. The smallest absolute Gasteiger partial charge is 0.269 e. The standard InChI is InChI=1S/C7H11N3O2/c1-3-5(2)6(11)9-7-8-4-12-10-7/h4-5H,3H2,1-2H3,(H,9,10,11). The highest BCUT2D eigenvalue weighted by atomic mass is 16.5. The van der Waals surface area contributed by atoms with Crippen LogP contribution in [-0.2, 0) is 4.79 Å². The van der Waals surface area contributed by atoms with Crippen LogP contribution in [0.4, 0.5) is 5.95 Å². The molecule has 0 bridgehead atoms. The molecule has 0 aromatic carbocycles. The first kappa shape index (κ1) is 8.70. The number of hydrogen-bond donors (Lipinski definition) is 1. The van der Waals surface area contributed by atoms with Gasteiger partial charge in [0.25, 0.3) is 5.95 Å². The number of rotatable bonds is 3. The highest BCUT2D eigenvalue weighted by Crippen LogP contribution is 2.04. The third kappa shape index (κ3) is 2.05. The molecule has 1 N–H and O–H groups in total. The highest BCUT2D eigenvalue weighted by molar-refractivity contribution is 5.90. The number of carbonyl (C=O) groups is 1. The molecule has 12 heavy (non-hydrogen) atoms. The Morgan fingerprint density at radius 1 is 1.83 bits per heavy atom. The Kier molecular flexibility index (Phi) is 2.79. The number of nitrogens with zero attached hydrogens (tertiary/aromatic N) is 2. The van der Waals surface area contributed by atoms with Crippen LogP contribution in [-0.4, -0.2) is 16.0 Å². The Morgan fingerprint density at radius 2 is 2.58 bits per heavy atom. The van der Waals surface area contributed by atoms with E-state index in [1.54, 1.807) is 0 Å². The zero-order chi connectivity index (χ0) is 8.97. The molecular weight excluding hydrogens is 158 g/mol. The molecular formula is C7H11N3O2. The summed E-state index contributed by atoms with van der Waals surface area (Å²) in [6.45, 7) is 3.79. The molecule has 0 aliphatic rings. The fourth-order valence-electron chi connectivity index (χ4n) is 0.644. The normalized spacial score (nSPS) is 12.5. The predicted molar refractivity (Wildman–Crippen MR) is 42.4 cm³/mol. The Balaban J connectivity index is 2.47. The van der Waals surface area contributed by atoms with Crippen molar-refractivity contribution in [2.75, 3.05) is 5.32 Å². The van der Waals surface area contributed by atoms with Crippen LogP contribution < -0.4 is 5.32 Å². The summed E-state index contributed by atoms with van der Waals surface area (Å²) in [4.78, 5) is 14.9. The lowest BCUT2D eigenvalue weighted by molar-refractivity contribution is -0.119. The second-order valence-electron chi connectivity index (χ2n) is 2.55. The van der Waals surface area contributed by atoms with Crippen LogP contribution in [0, 0.1) is 5.92 Å². The molecule has 0 aliphatic heterocycles. The topological polar surface area (TPSA) is 68.0 Å². The fraction of sp³-hybridized carbons (Fsp3) is 0.571. The molecule has 0 aliphatic carbocycles. The second kappa shape index (κ2) is 3.85. The molecule has 0 radical (unpaired) electrons. The summed E-state index contributed by atoms with van der Waals surface area (Å²) in [6.07, 6.45) is 1.97. The van der Waals surface area contributed by atoms with E-state index in [0.29, 0.717) is 0 Å². The summed E-state index contributed by atoms with van der Waals surface area (Å²) >= 11 is 0. The van der Waals surface area contributed by atoms with E-state index in [9.17, 15) is 4.79 Å². The minimum atomic E-state index is -0.0844. The van der Waals surface area contributed by atoms with E-state index in [2.05, 4.69) is 20.0 Å². The van der Waals surface area contributed by atoms with Gasteiger partial charge in [-0.15, -0.1) is 0 Å². The van der Waals surface area contributed by atoms with Gasteiger partial charge in [0.05, 0.1) is 0 Å². The molecule has 5 nitrogen and oxygen atoms in total. The average molecular weight is 169 g/mol. The lowest BCUT2D eigenvalue weighted by Crippen LogP contribution is -2.20. The lowest BCUT2D eigenvalue weighted by Gasteiger charge is -2.05. The molecule has 0 saturated heterocycles. The van der Waals surface area contributed by atoms with Gasteiger partial charge in [0.2, 0.25) is 12.3 Å². The quantitative estimate of drug-likeness (QED) is 0.734. The number of nitrogens with one attached hydrogen (secondary N) is 1. The Bertz CT molecular complexity index is 245. The summed E-state index contributed by atoms with van der Waals surface area (Å²) in [5, 5.41) is 5.97. The summed E-state index contributed by atoms with van der Waals surface area (Å²) in [5.74, 6) is 0.114. The zero-order valence-corrected chi connectivity index (χ0v) is 7.07. The van der Waals surface area contributed by atoms with Gasteiger partial charge < -0.3 is 4.52 Å². The summed E-state index contributed by atoms with van der Waals surface area (Å²) in [5.41, 5.74) is 0. The molecule has 1 amide bonds. The van der Waals surface area contributed by atoms with E-state index in [-0.39, 0.29) is 17.8 Å². The van der Waals surface area contributed by atoms with Crippen LogP contribution >= 0.6 is 0 Å². The van der Waals surface area contributed by atoms with Gasteiger partial charge in [0.15, 0.2) is 0 Å². The minimum absolute atomic E-state index is 0.0245. The summed E-state index contributed by atoms with van der Waals surface area (Å²) in [7, 11) is 0. The van der Waals surface area contributed by atoms with Crippen molar-refractivity contribution in [1.29, 1.82) is 0 Å².